The number of carboxylic acid groups (broad SMARTS) is 1. The number of ether oxygens (including phenoxy) is 1. The molecule has 0 aliphatic heterocycles. The number of nitrogens with zero attached hydrogens (tertiary/aromatic N) is 2. The molecule has 0 radical (unpaired) electrons. The highest BCUT2D eigenvalue weighted by Gasteiger charge is 2.30. The highest BCUT2D eigenvalue weighted by atomic mass is 19.4. The van der Waals surface area contributed by atoms with Crippen LogP contribution in [0.15, 0.2) is 36.8 Å². The van der Waals surface area contributed by atoms with E-state index in [1.807, 2.05) is 0 Å². The molecule has 0 aliphatic carbocycles. The molecule has 1 N–H and O–H groups in total. The van der Waals surface area contributed by atoms with E-state index in [1.165, 1.54) is 12.3 Å². The second kappa shape index (κ2) is 5.16. The molecule has 2 aromatic rings. The summed E-state index contributed by atoms with van der Waals surface area (Å²) >= 11 is 0. The Hall–Kier alpha value is -2.64. The largest absolute Gasteiger partial charge is 0.478 e. The first kappa shape index (κ1) is 13.8. The normalized spacial score (nSPS) is 11.2. The molecule has 2 rings (SSSR count). The number of halogens is 3. The van der Waals surface area contributed by atoms with Crippen molar-refractivity contribution in [2.24, 2.45) is 0 Å². The molecule has 2 aromatic heterocycles. The summed E-state index contributed by atoms with van der Waals surface area (Å²) in [4.78, 5) is 18.1. The quantitative estimate of drug-likeness (QED) is 0.938. The second-order valence-electron chi connectivity index (χ2n) is 3.66. The molecule has 0 unspecified atom stereocenters. The smallest absolute Gasteiger partial charge is 0.417 e. The van der Waals surface area contributed by atoms with Crippen LogP contribution in [0, 0.1) is 0 Å². The van der Waals surface area contributed by atoms with Gasteiger partial charge in [-0.15, -0.1) is 0 Å². The van der Waals surface area contributed by atoms with Crippen molar-refractivity contribution in [3.05, 3.63) is 47.9 Å². The molecule has 0 saturated carbocycles. The summed E-state index contributed by atoms with van der Waals surface area (Å²) in [5.74, 6) is -1.50. The third-order valence-corrected chi connectivity index (χ3v) is 2.29. The van der Waals surface area contributed by atoms with E-state index in [9.17, 15) is 18.0 Å². The first-order valence-electron chi connectivity index (χ1n) is 5.26. The lowest BCUT2D eigenvalue weighted by molar-refractivity contribution is -0.137. The second-order valence-corrected chi connectivity index (χ2v) is 3.66. The molecule has 20 heavy (non-hydrogen) atoms. The molecule has 0 aromatic carbocycles. The Balaban J connectivity index is 2.25. The van der Waals surface area contributed by atoms with E-state index in [0.29, 0.717) is 6.20 Å². The van der Waals surface area contributed by atoms with Gasteiger partial charge in [0, 0.05) is 18.5 Å². The molecule has 0 bridgehead atoms. The number of rotatable bonds is 3. The van der Waals surface area contributed by atoms with Crippen LogP contribution in [0.1, 0.15) is 15.9 Å². The molecule has 0 atom stereocenters. The van der Waals surface area contributed by atoms with Crippen LogP contribution >= 0.6 is 0 Å². The predicted octanol–water partition coefficient (Wildman–Crippen LogP) is 2.99. The zero-order chi connectivity index (χ0) is 14.8. The Morgan fingerprint density at radius 1 is 1.20 bits per heavy atom. The molecule has 104 valence electrons. The van der Waals surface area contributed by atoms with E-state index in [0.717, 1.165) is 18.3 Å². The first-order chi connectivity index (χ1) is 9.38. The van der Waals surface area contributed by atoms with E-state index in [-0.39, 0.29) is 17.2 Å². The van der Waals surface area contributed by atoms with E-state index < -0.39 is 17.7 Å². The fraction of sp³-hybridized carbons (Fsp3) is 0.0833. The number of hydrogen-bond donors (Lipinski definition) is 1. The van der Waals surface area contributed by atoms with Crippen LogP contribution in [0.2, 0.25) is 0 Å². The number of carbonyl (C=O) groups is 1. The molecular weight excluding hydrogens is 277 g/mol. The van der Waals surface area contributed by atoms with Gasteiger partial charge in [0.1, 0.15) is 5.56 Å². The van der Waals surface area contributed by atoms with Gasteiger partial charge < -0.3 is 9.84 Å². The minimum Gasteiger partial charge on any atom is -0.478 e. The molecule has 8 heteroatoms. The van der Waals surface area contributed by atoms with E-state index in [2.05, 4.69) is 9.97 Å². The molecular formula is C12H7F3N2O3. The average Bonchev–Trinajstić information content (AvgIpc) is 2.38. The van der Waals surface area contributed by atoms with Crippen LogP contribution in [0.5, 0.6) is 11.6 Å². The van der Waals surface area contributed by atoms with Crippen molar-refractivity contribution >= 4 is 5.97 Å². The summed E-state index contributed by atoms with van der Waals surface area (Å²) in [7, 11) is 0. The molecule has 0 aliphatic rings. The Kier molecular flexibility index (Phi) is 3.55. The van der Waals surface area contributed by atoms with Gasteiger partial charge in [-0.3, -0.25) is 4.98 Å². The van der Waals surface area contributed by atoms with Gasteiger partial charge in [0.25, 0.3) is 0 Å². The molecule has 0 spiro atoms. The monoisotopic (exact) mass is 284 g/mol. The van der Waals surface area contributed by atoms with Crippen LogP contribution in [0.4, 0.5) is 13.2 Å². The van der Waals surface area contributed by atoms with E-state index in [4.69, 9.17) is 9.84 Å². The lowest BCUT2D eigenvalue weighted by Crippen LogP contribution is -2.05. The predicted molar refractivity (Wildman–Crippen MR) is 60.5 cm³/mol. The Labute approximate surface area is 110 Å². The van der Waals surface area contributed by atoms with Gasteiger partial charge >= 0.3 is 12.1 Å². The first-order valence-corrected chi connectivity index (χ1v) is 5.26. The van der Waals surface area contributed by atoms with Crippen molar-refractivity contribution in [2.45, 2.75) is 6.18 Å². The summed E-state index contributed by atoms with van der Waals surface area (Å²) in [6, 6.07) is 3.00. The van der Waals surface area contributed by atoms with Crippen molar-refractivity contribution in [1.82, 2.24) is 9.97 Å². The lowest BCUT2D eigenvalue weighted by atomic mass is 10.2. The van der Waals surface area contributed by atoms with Gasteiger partial charge in [-0.05, 0) is 12.1 Å². The molecule has 0 fully saturated rings. The lowest BCUT2D eigenvalue weighted by Gasteiger charge is -2.09. The minimum atomic E-state index is -4.49. The van der Waals surface area contributed by atoms with Gasteiger partial charge in [0.05, 0.1) is 11.8 Å². The summed E-state index contributed by atoms with van der Waals surface area (Å²) in [5.41, 5.74) is -1.09. The van der Waals surface area contributed by atoms with E-state index >= 15 is 0 Å². The molecule has 0 saturated heterocycles. The van der Waals surface area contributed by atoms with Crippen molar-refractivity contribution in [3.8, 4) is 11.6 Å². The number of aromatic nitrogens is 2. The highest BCUT2D eigenvalue weighted by Crippen LogP contribution is 2.30. The number of aromatic carboxylic acids is 1. The number of pyridine rings is 2. The fourth-order valence-corrected chi connectivity index (χ4v) is 1.36. The Morgan fingerprint density at radius 3 is 2.50 bits per heavy atom. The molecule has 5 nitrogen and oxygen atoms in total. The summed E-state index contributed by atoms with van der Waals surface area (Å²) in [6.45, 7) is 0. The standard InChI is InChI=1S/C12H7F3N2O3/c13-12(14,15)7-1-2-10(17-5-7)20-9-6-16-4-3-8(9)11(18)19/h1-6H,(H,18,19). The van der Waals surface area contributed by atoms with Gasteiger partial charge in [-0.1, -0.05) is 0 Å². The maximum absolute atomic E-state index is 12.3. The summed E-state index contributed by atoms with van der Waals surface area (Å²) in [6.07, 6.45) is -1.49. The Morgan fingerprint density at radius 2 is 1.95 bits per heavy atom. The Bertz CT molecular complexity index is 627. The number of carboxylic acids is 1. The minimum absolute atomic E-state index is 0.104. The maximum Gasteiger partial charge on any atom is 0.417 e. The highest BCUT2D eigenvalue weighted by molar-refractivity contribution is 5.90. The number of hydrogen-bond acceptors (Lipinski definition) is 4. The van der Waals surface area contributed by atoms with Crippen molar-refractivity contribution < 1.29 is 27.8 Å². The third kappa shape index (κ3) is 3.02. The third-order valence-electron chi connectivity index (χ3n) is 2.29. The van der Waals surface area contributed by atoms with E-state index in [1.54, 1.807) is 0 Å². The number of alkyl halides is 3. The van der Waals surface area contributed by atoms with Gasteiger partial charge in [-0.2, -0.15) is 13.2 Å². The molecule has 2 heterocycles. The van der Waals surface area contributed by atoms with Crippen LogP contribution in [-0.2, 0) is 6.18 Å². The van der Waals surface area contributed by atoms with Gasteiger partial charge in [-0.25, -0.2) is 9.78 Å². The van der Waals surface area contributed by atoms with Crippen LogP contribution in [-0.4, -0.2) is 21.0 Å². The average molecular weight is 284 g/mol. The van der Waals surface area contributed by atoms with Gasteiger partial charge in [0.15, 0.2) is 5.75 Å². The molecule has 0 amide bonds. The SMILES string of the molecule is O=C(O)c1ccncc1Oc1ccc(C(F)(F)F)cn1. The van der Waals surface area contributed by atoms with Crippen molar-refractivity contribution in [2.75, 3.05) is 0 Å². The van der Waals surface area contributed by atoms with Crippen molar-refractivity contribution in [1.29, 1.82) is 0 Å². The zero-order valence-electron chi connectivity index (χ0n) is 9.76. The van der Waals surface area contributed by atoms with Crippen LogP contribution in [0.3, 0.4) is 0 Å². The van der Waals surface area contributed by atoms with Crippen molar-refractivity contribution in [3.63, 3.8) is 0 Å². The van der Waals surface area contributed by atoms with Gasteiger partial charge in [0.2, 0.25) is 5.88 Å². The topological polar surface area (TPSA) is 72.3 Å². The van der Waals surface area contributed by atoms with Crippen LogP contribution in [0.25, 0.3) is 0 Å². The van der Waals surface area contributed by atoms with Crippen LogP contribution < -0.4 is 4.74 Å². The summed E-state index contributed by atoms with van der Waals surface area (Å²) in [5, 5.41) is 8.92. The fourth-order valence-electron chi connectivity index (χ4n) is 1.36. The summed E-state index contributed by atoms with van der Waals surface area (Å²) < 4.78 is 42.2. The zero-order valence-corrected chi connectivity index (χ0v) is 9.76. The maximum atomic E-state index is 12.3.